The van der Waals surface area contributed by atoms with Gasteiger partial charge in [-0.1, -0.05) is 167 Å². The molecule has 2 aliphatic rings. The highest BCUT2D eigenvalue weighted by molar-refractivity contribution is 6.31. The first kappa shape index (κ1) is 46.6. The first-order valence-electron chi connectivity index (χ1n) is 23.7. The van der Waals surface area contributed by atoms with Crippen molar-refractivity contribution in [3.8, 4) is 23.7 Å². The molecule has 0 aromatic heterocycles. The van der Waals surface area contributed by atoms with Gasteiger partial charge in [0.05, 0.1) is 0 Å². The lowest BCUT2D eigenvalue weighted by atomic mass is 9.78. The summed E-state index contributed by atoms with van der Waals surface area (Å²) in [5, 5.41) is 1.74. The summed E-state index contributed by atoms with van der Waals surface area (Å²) in [5.74, 6) is 16.3. The van der Waals surface area contributed by atoms with Crippen LogP contribution in [0.25, 0.3) is 0 Å². The topological polar surface area (TPSA) is 0 Å². The third-order valence-electron chi connectivity index (χ3n) is 12.8. The fraction of sp³-hybridized carbons (Fsp3) is 0.509. The Balaban J connectivity index is 0.000000224. The van der Waals surface area contributed by atoms with Crippen LogP contribution in [-0.2, 0) is 25.7 Å². The summed E-state index contributed by atoms with van der Waals surface area (Å²) < 4.78 is 0. The van der Waals surface area contributed by atoms with Crippen LogP contribution in [-0.4, -0.2) is 0 Å². The second-order valence-electron chi connectivity index (χ2n) is 17.5. The number of rotatable bonds is 15. The van der Waals surface area contributed by atoms with Gasteiger partial charge in [-0.2, -0.15) is 0 Å². The van der Waals surface area contributed by atoms with Gasteiger partial charge in [0.2, 0.25) is 0 Å². The van der Waals surface area contributed by atoms with Gasteiger partial charge >= 0.3 is 0 Å². The molecule has 2 aliphatic carbocycles. The number of halogens is 2. The van der Waals surface area contributed by atoms with E-state index in [2.05, 4.69) is 124 Å². The summed E-state index contributed by atoms with van der Waals surface area (Å²) in [5.41, 5.74) is 10.6. The summed E-state index contributed by atoms with van der Waals surface area (Å²) in [6.45, 7) is 8.95. The van der Waals surface area contributed by atoms with E-state index in [4.69, 9.17) is 23.2 Å². The molecule has 2 heteroatoms. The molecule has 59 heavy (non-hydrogen) atoms. The Morgan fingerprint density at radius 3 is 1.17 bits per heavy atom. The minimum absolute atomic E-state index is 0.521. The van der Waals surface area contributed by atoms with Crippen LogP contribution < -0.4 is 0 Å². The highest BCUT2D eigenvalue weighted by atomic mass is 35.5. The molecule has 0 bridgehead atoms. The smallest absolute Gasteiger partial charge is 0.0450 e. The zero-order valence-corrected chi connectivity index (χ0v) is 38.5. The minimum Gasteiger partial charge on any atom is -0.0945 e. The maximum absolute atomic E-state index is 6.45. The molecule has 6 rings (SSSR count). The Labute approximate surface area is 370 Å². The minimum atomic E-state index is 0.521. The number of benzene rings is 4. The molecular weight excluding hydrogens is 756 g/mol. The predicted molar refractivity (Wildman–Crippen MR) is 258 cm³/mol. The molecule has 0 spiro atoms. The molecule has 2 fully saturated rings. The molecular formula is C57H72Cl2. The van der Waals surface area contributed by atoms with E-state index in [1.54, 1.807) is 0 Å². The summed E-state index contributed by atoms with van der Waals surface area (Å²) >= 11 is 12.9. The Kier molecular flexibility index (Phi) is 20.6. The number of hydrogen-bond donors (Lipinski definition) is 0. The van der Waals surface area contributed by atoms with Crippen molar-refractivity contribution in [3.63, 3.8) is 0 Å². The summed E-state index contributed by atoms with van der Waals surface area (Å²) in [6, 6.07) is 31.5. The summed E-state index contributed by atoms with van der Waals surface area (Å²) in [7, 11) is 0. The molecule has 2 saturated carbocycles. The maximum atomic E-state index is 6.45. The maximum Gasteiger partial charge on any atom is 0.0450 e. The van der Waals surface area contributed by atoms with Gasteiger partial charge in [0, 0.05) is 33.0 Å². The molecule has 4 aromatic carbocycles. The van der Waals surface area contributed by atoms with Crippen LogP contribution in [0.4, 0.5) is 0 Å². The van der Waals surface area contributed by atoms with Crippen molar-refractivity contribution in [1.82, 2.24) is 0 Å². The highest BCUT2D eigenvalue weighted by Crippen LogP contribution is 2.37. The summed E-state index contributed by atoms with van der Waals surface area (Å²) in [6.07, 6.45) is 25.7. The highest BCUT2D eigenvalue weighted by Gasteiger charge is 2.22. The molecule has 4 aromatic rings. The van der Waals surface area contributed by atoms with E-state index in [0.29, 0.717) is 23.7 Å². The zero-order valence-electron chi connectivity index (χ0n) is 37.0. The second kappa shape index (κ2) is 26.0. The monoisotopic (exact) mass is 827 g/mol. The molecule has 0 amide bonds. The van der Waals surface area contributed by atoms with Crippen molar-refractivity contribution in [2.45, 2.75) is 174 Å². The van der Waals surface area contributed by atoms with Crippen LogP contribution in [0.15, 0.2) is 84.9 Å². The number of hydrogen-bond acceptors (Lipinski definition) is 0. The van der Waals surface area contributed by atoms with E-state index in [1.165, 1.54) is 155 Å². The third kappa shape index (κ3) is 15.8. The lowest BCUT2D eigenvalue weighted by molar-refractivity contribution is 0.384. The van der Waals surface area contributed by atoms with Crippen molar-refractivity contribution in [1.29, 1.82) is 0 Å². The van der Waals surface area contributed by atoms with E-state index in [0.717, 1.165) is 34.0 Å². The lowest BCUT2D eigenvalue weighted by Gasteiger charge is -2.26. The van der Waals surface area contributed by atoms with Crippen LogP contribution >= 0.6 is 23.2 Å². The Hall–Kier alpha value is -3.42. The second-order valence-corrected chi connectivity index (χ2v) is 18.3. The predicted octanol–water partition coefficient (Wildman–Crippen LogP) is 17.1. The quantitative estimate of drug-likeness (QED) is 0.0827. The van der Waals surface area contributed by atoms with Gasteiger partial charge < -0.3 is 0 Å². The first-order valence-corrected chi connectivity index (χ1v) is 24.4. The molecule has 0 radical (unpaired) electrons. The van der Waals surface area contributed by atoms with Gasteiger partial charge in [-0.15, -0.1) is 0 Å². The number of unbranched alkanes of at least 4 members (excludes halogenated alkanes) is 5. The lowest BCUT2D eigenvalue weighted by Crippen LogP contribution is -2.12. The van der Waals surface area contributed by atoms with Crippen LogP contribution in [0, 0.1) is 35.5 Å². The van der Waals surface area contributed by atoms with E-state index in [-0.39, 0.29) is 0 Å². The van der Waals surface area contributed by atoms with E-state index < -0.39 is 0 Å². The van der Waals surface area contributed by atoms with Gasteiger partial charge in [-0.3, -0.25) is 0 Å². The van der Waals surface area contributed by atoms with Gasteiger partial charge in [0.15, 0.2) is 0 Å². The first-order chi connectivity index (χ1) is 28.9. The van der Waals surface area contributed by atoms with E-state index in [1.807, 2.05) is 12.1 Å². The van der Waals surface area contributed by atoms with Crippen LogP contribution in [0.3, 0.4) is 0 Å². The molecule has 0 N–H and O–H groups in total. The largest absolute Gasteiger partial charge is 0.0945 e. The molecule has 0 atom stereocenters. The zero-order chi connectivity index (χ0) is 41.7. The average molecular weight is 828 g/mol. The fourth-order valence-electron chi connectivity index (χ4n) is 8.78. The van der Waals surface area contributed by atoms with Crippen LogP contribution in [0.2, 0.25) is 10.0 Å². The average Bonchev–Trinajstić information content (AvgIpc) is 3.27. The van der Waals surface area contributed by atoms with Gasteiger partial charge in [0.1, 0.15) is 0 Å². The third-order valence-corrected chi connectivity index (χ3v) is 13.5. The molecule has 314 valence electrons. The van der Waals surface area contributed by atoms with Gasteiger partial charge in [0.25, 0.3) is 0 Å². The van der Waals surface area contributed by atoms with E-state index >= 15 is 0 Å². The summed E-state index contributed by atoms with van der Waals surface area (Å²) in [4.78, 5) is 0. The van der Waals surface area contributed by atoms with Crippen molar-refractivity contribution < 1.29 is 0 Å². The normalized spacial score (nSPS) is 18.7. The van der Waals surface area contributed by atoms with Crippen LogP contribution in [0.1, 0.15) is 193 Å². The van der Waals surface area contributed by atoms with E-state index in [9.17, 15) is 0 Å². The van der Waals surface area contributed by atoms with Crippen molar-refractivity contribution in [2.75, 3.05) is 0 Å². The molecule has 0 saturated heterocycles. The fourth-order valence-corrected chi connectivity index (χ4v) is 9.33. The SMILES string of the molecule is CCCCCc1ccc([C@H]2CC[C@H](C#Cc3ccc(CCCC)c(Cl)c3)CC2)cc1.CCCCc1ccc([C@H]2CC[C@H](C#Cc3ccc(CCCC)c(Cl)c3)CC2)cc1. The Morgan fingerprint density at radius 1 is 0.424 bits per heavy atom. The number of aryl methyl sites for hydroxylation is 4. The standard InChI is InChI=1S/C29H37Cl.C28H35Cl/c1-3-5-7-8-23-12-17-26(18-13-23)27-19-14-24(15-20-27)10-11-25-16-21-28(9-6-4-2)29(30)22-25;1-3-5-7-22-11-16-25(17-12-22)26-18-13-23(14-19-26)9-10-24-15-20-27(8-6-4-2)28(29)21-24/h12-13,16-18,21-22,24,27H,3-9,14-15,19-20H2,1-2H3;11-12,15-17,20-21,23,26H,3-8,13-14,18-19H2,1-2H3/t24-,27-;23-,26-. The van der Waals surface area contributed by atoms with Gasteiger partial charge in [-0.25, -0.2) is 0 Å². The van der Waals surface area contributed by atoms with Crippen LogP contribution in [0.5, 0.6) is 0 Å². The Bertz CT molecular complexity index is 1930. The van der Waals surface area contributed by atoms with Gasteiger partial charge in [-0.05, 0) is 172 Å². The molecule has 0 unspecified atom stereocenters. The molecule has 0 heterocycles. The van der Waals surface area contributed by atoms with Crippen molar-refractivity contribution >= 4 is 23.2 Å². The molecule has 0 nitrogen and oxygen atoms in total. The Morgan fingerprint density at radius 2 is 0.797 bits per heavy atom. The van der Waals surface area contributed by atoms with Crippen molar-refractivity contribution in [2.24, 2.45) is 11.8 Å². The van der Waals surface area contributed by atoms with Crippen molar-refractivity contribution in [3.05, 3.63) is 139 Å². The molecule has 0 aliphatic heterocycles.